The van der Waals surface area contributed by atoms with Gasteiger partial charge in [-0.3, -0.25) is 9.59 Å². The SMILES string of the molecule is COc1ccc(-c2cc3nc(CCNC(=O)c4c(C)cc(C)n(C)c4=O)nn3cn2)cc1. The second kappa shape index (κ2) is 8.62. The van der Waals surface area contributed by atoms with Crippen LogP contribution in [0.4, 0.5) is 0 Å². The molecule has 0 fully saturated rings. The molecular formula is C23H24N6O3. The summed E-state index contributed by atoms with van der Waals surface area (Å²) in [5, 5.41) is 7.21. The van der Waals surface area contributed by atoms with Gasteiger partial charge in [-0.2, -0.15) is 0 Å². The van der Waals surface area contributed by atoms with Gasteiger partial charge in [0.05, 0.1) is 12.8 Å². The lowest BCUT2D eigenvalue weighted by atomic mass is 10.1. The van der Waals surface area contributed by atoms with Gasteiger partial charge in [-0.05, 0) is 49.7 Å². The molecule has 0 unspecified atom stereocenters. The molecule has 0 spiro atoms. The van der Waals surface area contributed by atoms with E-state index in [1.807, 2.05) is 43.3 Å². The predicted molar refractivity (Wildman–Crippen MR) is 120 cm³/mol. The normalized spacial score (nSPS) is 11.0. The molecule has 1 amide bonds. The highest BCUT2D eigenvalue weighted by atomic mass is 16.5. The predicted octanol–water partition coefficient (Wildman–Crippen LogP) is 2.09. The van der Waals surface area contributed by atoms with Gasteiger partial charge < -0.3 is 14.6 Å². The van der Waals surface area contributed by atoms with Gasteiger partial charge >= 0.3 is 0 Å². The number of aromatic nitrogens is 5. The number of amides is 1. The first kappa shape index (κ1) is 21.2. The first-order valence-corrected chi connectivity index (χ1v) is 10.2. The van der Waals surface area contributed by atoms with Crippen molar-refractivity contribution in [2.45, 2.75) is 20.3 Å². The van der Waals surface area contributed by atoms with Crippen LogP contribution in [0.5, 0.6) is 5.75 Å². The van der Waals surface area contributed by atoms with Gasteiger partial charge in [0.1, 0.15) is 17.6 Å². The number of aryl methyl sites for hydroxylation is 2. The highest BCUT2D eigenvalue weighted by Gasteiger charge is 2.16. The number of hydrogen-bond donors (Lipinski definition) is 1. The van der Waals surface area contributed by atoms with Crippen LogP contribution in [0.1, 0.15) is 27.4 Å². The first-order valence-electron chi connectivity index (χ1n) is 10.2. The number of rotatable bonds is 6. The molecule has 0 bridgehead atoms. The molecule has 3 aromatic heterocycles. The Morgan fingerprint density at radius 2 is 1.91 bits per heavy atom. The zero-order valence-corrected chi connectivity index (χ0v) is 18.4. The molecule has 32 heavy (non-hydrogen) atoms. The molecule has 0 aliphatic rings. The molecule has 0 saturated carbocycles. The number of benzene rings is 1. The van der Waals surface area contributed by atoms with Crippen LogP contribution < -0.4 is 15.6 Å². The van der Waals surface area contributed by atoms with Gasteiger partial charge in [0, 0.05) is 37.3 Å². The number of carbonyl (C=O) groups excluding carboxylic acids is 1. The van der Waals surface area contributed by atoms with Crippen molar-refractivity contribution in [1.29, 1.82) is 0 Å². The third-order valence-electron chi connectivity index (χ3n) is 5.39. The molecule has 1 N–H and O–H groups in total. The van der Waals surface area contributed by atoms with E-state index in [9.17, 15) is 9.59 Å². The first-order chi connectivity index (χ1) is 15.4. The molecule has 0 saturated heterocycles. The summed E-state index contributed by atoms with van der Waals surface area (Å²) in [4.78, 5) is 34.0. The lowest BCUT2D eigenvalue weighted by Crippen LogP contribution is -2.35. The summed E-state index contributed by atoms with van der Waals surface area (Å²) in [5.41, 5.74) is 3.71. The van der Waals surface area contributed by atoms with E-state index >= 15 is 0 Å². The van der Waals surface area contributed by atoms with Crippen LogP contribution in [0.15, 0.2) is 47.5 Å². The molecule has 0 atom stereocenters. The Bertz CT molecular complexity index is 1350. The maximum atomic E-state index is 12.6. The lowest BCUT2D eigenvalue weighted by molar-refractivity contribution is 0.0951. The van der Waals surface area contributed by atoms with E-state index in [4.69, 9.17) is 4.74 Å². The van der Waals surface area contributed by atoms with Crippen LogP contribution >= 0.6 is 0 Å². The standard InChI is InChI=1S/C23H24N6O3/c1-14-11-15(2)28(3)23(31)21(14)22(30)24-10-9-19-26-20-12-18(25-13-29(20)27-19)16-5-7-17(32-4)8-6-16/h5-8,11-13H,9-10H2,1-4H3,(H,24,30). The summed E-state index contributed by atoms with van der Waals surface area (Å²) < 4.78 is 8.26. The quantitative estimate of drug-likeness (QED) is 0.500. The number of pyridine rings is 1. The topological polar surface area (TPSA) is 103 Å². The van der Waals surface area contributed by atoms with Crippen LogP contribution in [0.2, 0.25) is 0 Å². The number of hydrogen-bond acceptors (Lipinski definition) is 6. The molecule has 0 radical (unpaired) electrons. The third kappa shape index (κ3) is 4.09. The van der Waals surface area contributed by atoms with Crippen molar-refractivity contribution < 1.29 is 9.53 Å². The number of ether oxygens (including phenoxy) is 1. The fourth-order valence-electron chi connectivity index (χ4n) is 3.50. The van der Waals surface area contributed by atoms with Gasteiger partial charge in [0.2, 0.25) is 0 Å². The van der Waals surface area contributed by atoms with E-state index in [0.29, 0.717) is 30.0 Å². The molecule has 9 heteroatoms. The number of fused-ring (bicyclic) bond motifs is 1. The number of carbonyl (C=O) groups is 1. The smallest absolute Gasteiger partial charge is 0.263 e. The van der Waals surface area contributed by atoms with Crippen molar-refractivity contribution in [3.8, 4) is 17.0 Å². The number of methoxy groups -OCH3 is 1. The van der Waals surface area contributed by atoms with E-state index in [1.54, 1.807) is 31.9 Å². The average molecular weight is 432 g/mol. The lowest BCUT2D eigenvalue weighted by Gasteiger charge is -2.10. The summed E-state index contributed by atoms with van der Waals surface area (Å²) in [6.45, 7) is 3.91. The summed E-state index contributed by atoms with van der Waals surface area (Å²) in [6.07, 6.45) is 2.04. The highest BCUT2D eigenvalue weighted by Crippen LogP contribution is 2.21. The molecule has 1 aromatic carbocycles. The van der Waals surface area contributed by atoms with E-state index in [2.05, 4.69) is 20.4 Å². The maximum Gasteiger partial charge on any atom is 0.263 e. The van der Waals surface area contributed by atoms with Crippen molar-refractivity contribution in [1.82, 2.24) is 29.5 Å². The molecular weight excluding hydrogens is 408 g/mol. The van der Waals surface area contributed by atoms with Crippen molar-refractivity contribution in [3.63, 3.8) is 0 Å². The second-order valence-corrected chi connectivity index (χ2v) is 7.55. The Morgan fingerprint density at radius 1 is 1.16 bits per heavy atom. The van der Waals surface area contributed by atoms with Crippen LogP contribution in [0, 0.1) is 13.8 Å². The maximum absolute atomic E-state index is 12.6. The molecule has 4 rings (SSSR count). The largest absolute Gasteiger partial charge is 0.497 e. The van der Waals surface area contributed by atoms with Gasteiger partial charge in [0.25, 0.3) is 11.5 Å². The van der Waals surface area contributed by atoms with Crippen molar-refractivity contribution in [2.75, 3.05) is 13.7 Å². The number of nitrogens with zero attached hydrogens (tertiary/aromatic N) is 5. The van der Waals surface area contributed by atoms with Gasteiger partial charge in [-0.15, -0.1) is 5.10 Å². The Balaban J connectivity index is 1.45. The van der Waals surface area contributed by atoms with E-state index < -0.39 is 5.91 Å². The van der Waals surface area contributed by atoms with E-state index in [0.717, 1.165) is 22.7 Å². The second-order valence-electron chi connectivity index (χ2n) is 7.55. The molecule has 3 heterocycles. The van der Waals surface area contributed by atoms with Gasteiger partial charge in [0.15, 0.2) is 11.5 Å². The van der Waals surface area contributed by atoms with Crippen LogP contribution in [-0.4, -0.2) is 43.7 Å². The van der Waals surface area contributed by atoms with Gasteiger partial charge in [-0.1, -0.05) is 0 Å². The molecule has 0 aliphatic carbocycles. The third-order valence-corrected chi connectivity index (χ3v) is 5.39. The minimum atomic E-state index is -0.393. The number of nitrogens with one attached hydrogen (secondary N) is 1. The van der Waals surface area contributed by atoms with Crippen molar-refractivity contribution in [3.05, 3.63) is 75.7 Å². The highest BCUT2D eigenvalue weighted by molar-refractivity contribution is 5.95. The molecule has 164 valence electrons. The Kier molecular flexibility index (Phi) is 5.72. The minimum absolute atomic E-state index is 0.161. The van der Waals surface area contributed by atoms with E-state index in [-0.39, 0.29) is 11.1 Å². The molecule has 9 nitrogen and oxygen atoms in total. The summed E-state index contributed by atoms with van der Waals surface area (Å²) in [6, 6.07) is 11.3. The minimum Gasteiger partial charge on any atom is -0.497 e. The van der Waals surface area contributed by atoms with E-state index in [1.165, 1.54) is 4.57 Å². The van der Waals surface area contributed by atoms with Crippen LogP contribution in [-0.2, 0) is 13.5 Å². The fourth-order valence-corrected chi connectivity index (χ4v) is 3.50. The van der Waals surface area contributed by atoms with Crippen LogP contribution in [0.3, 0.4) is 0 Å². The van der Waals surface area contributed by atoms with Gasteiger partial charge in [-0.25, -0.2) is 14.5 Å². The Labute approximate surface area is 184 Å². The van der Waals surface area contributed by atoms with Crippen molar-refractivity contribution >= 4 is 11.6 Å². The van der Waals surface area contributed by atoms with Crippen molar-refractivity contribution in [2.24, 2.45) is 7.05 Å². The fraction of sp³-hybridized carbons (Fsp3) is 0.261. The summed E-state index contributed by atoms with van der Waals surface area (Å²) >= 11 is 0. The van der Waals surface area contributed by atoms with Crippen LogP contribution in [0.25, 0.3) is 16.9 Å². The molecule has 4 aromatic rings. The summed E-state index contributed by atoms with van der Waals surface area (Å²) in [5.74, 6) is 0.961. The molecule has 0 aliphatic heterocycles. The Hall–Kier alpha value is -4.01. The zero-order valence-electron chi connectivity index (χ0n) is 18.4. The monoisotopic (exact) mass is 432 g/mol. The average Bonchev–Trinajstić information content (AvgIpc) is 3.19. The zero-order chi connectivity index (χ0) is 22.8. The Morgan fingerprint density at radius 3 is 2.62 bits per heavy atom. The summed E-state index contributed by atoms with van der Waals surface area (Å²) in [7, 11) is 3.28.